The number of hydrogen-bond donors (Lipinski definition) is 2. The molecule has 0 aromatic rings. The van der Waals surface area contributed by atoms with E-state index in [-0.39, 0.29) is 12.5 Å². The van der Waals surface area contributed by atoms with Gasteiger partial charge < -0.3 is 10.2 Å². The van der Waals surface area contributed by atoms with Crippen molar-refractivity contribution in [3.63, 3.8) is 0 Å². The van der Waals surface area contributed by atoms with Gasteiger partial charge in [0.2, 0.25) is 0 Å². The summed E-state index contributed by atoms with van der Waals surface area (Å²) in [5.41, 5.74) is 0. The number of carboxylic acids is 1. The molecule has 0 rings (SSSR count). The molecule has 0 aromatic carbocycles. The molecule has 0 amide bonds. The van der Waals surface area contributed by atoms with Gasteiger partial charge in [0.05, 0.1) is 5.92 Å². The molecule has 2 N–H and O–H groups in total. The number of carboxylic acid groups (broad SMARTS) is 1. The van der Waals surface area contributed by atoms with E-state index < -0.39 is 5.97 Å². The van der Waals surface area contributed by atoms with Gasteiger partial charge in [-0.05, 0) is 19.3 Å². The highest BCUT2D eigenvalue weighted by molar-refractivity contribution is 5.69. The predicted molar refractivity (Wildman–Crippen MR) is 42.4 cm³/mol. The van der Waals surface area contributed by atoms with E-state index in [0.717, 1.165) is 12.8 Å². The number of rotatable bonds is 6. The Bertz CT molecular complexity index is 112. The number of aliphatic hydroxyl groups excluding tert-OH is 1. The third-order valence-corrected chi connectivity index (χ3v) is 1.70. The van der Waals surface area contributed by atoms with Gasteiger partial charge in [0.25, 0.3) is 0 Å². The first-order valence-electron chi connectivity index (χ1n) is 4.06. The van der Waals surface area contributed by atoms with Gasteiger partial charge in [0.1, 0.15) is 0 Å². The normalized spacial score (nSPS) is 12.9. The van der Waals surface area contributed by atoms with Crippen molar-refractivity contribution >= 4 is 5.97 Å². The van der Waals surface area contributed by atoms with Crippen molar-refractivity contribution in [2.24, 2.45) is 5.92 Å². The van der Waals surface area contributed by atoms with Gasteiger partial charge in [-0.2, -0.15) is 0 Å². The van der Waals surface area contributed by atoms with Crippen LogP contribution in [0.1, 0.15) is 32.6 Å². The summed E-state index contributed by atoms with van der Waals surface area (Å²) in [5.74, 6) is -0.993. The van der Waals surface area contributed by atoms with E-state index in [0.29, 0.717) is 12.8 Å². The quantitative estimate of drug-likeness (QED) is 0.615. The summed E-state index contributed by atoms with van der Waals surface area (Å²) < 4.78 is 0. The molecule has 0 heterocycles. The highest BCUT2D eigenvalue weighted by atomic mass is 16.4. The van der Waals surface area contributed by atoms with E-state index in [4.69, 9.17) is 10.2 Å². The van der Waals surface area contributed by atoms with Crippen molar-refractivity contribution in [2.45, 2.75) is 32.6 Å². The summed E-state index contributed by atoms with van der Waals surface area (Å²) in [5, 5.41) is 17.1. The molecule has 0 aromatic heterocycles. The Kier molecular flexibility index (Phi) is 5.84. The Hall–Kier alpha value is -0.570. The Morgan fingerprint density at radius 2 is 2.09 bits per heavy atom. The lowest BCUT2D eigenvalue weighted by molar-refractivity contribution is -0.142. The molecular weight excluding hydrogens is 144 g/mol. The SMILES string of the molecule is CCC[C@@H](CCCO)C(=O)O. The minimum atomic E-state index is -0.736. The van der Waals surface area contributed by atoms with Crippen LogP contribution < -0.4 is 0 Å². The van der Waals surface area contributed by atoms with Crippen LogP contribution in [0.15, 0.2) is 0 Å². The Morgan fingerprint density at radius 1 is 1.45 bits per heavy atom. The largest absolute Gasteiger partial charge is 0.481 e. The van der Waals surface area contributed by atoms with Crippen LogP contribution in [0.2, 0.25) is 0 Å². The summed E-state index contributed by atoms with van der Waals surface area (Å²) in [7, 11) is 0. The van der Waals surface area contributed by atoms with Crippen LogP contribution in [0.4, 0.5) is 0 Å². The third-order valence-electron chi connectivity index (χ3n) is 1.70. The molecule has 3 heteroatoms. The van der Waals surface area contributed by atoms with Crippen LogP contribution in [0.5, 0.6) is 0 Å². The Balaban J connectivity index is 3.60. The lowest BCUT2D eigenvalue weighted by atomic mass is 9.98. The molecule has 0 spiro atoms. The molecule has 0 aliphatic rings. The van der Waals surface area contributed by atoms with Crippen LogP contribution >= 0.6 is 0 Å². The summed E-state index contributed by atoms with van der Waals surface area (Å²) in [4.78, 5) is 10.5. The fourth-order valence-corrected chi connectivity index (χ4v) is 1.08. The van der Waals surface area contributed by atoms with Gasteiger partial charge in [-0.1, -0.05) is 13.3 Å². The second-order valence-electron chi connectivity index (χ2n) is 2.69. The highest BCUT2D eigenvalue weighted by Gasteiger charge is 2.14. The number of hydrogen-bond acceptors (Lipinski definition) is 2. The van der Waals surface area contributed by atoms with Crippen molar-refractivity contribution in [3.05, 3.63) is 0 Å². The van der Waals surface area contributed by atoms with Gasteiger partial charge in [0.15, 0.2) is 0 Å². The van der Waals surface area contributed by atoms with Gasteiger partial charge >= 0.3 is 5.97 Å². The zero-order valence-corrected chi connectivity index (χ0v) is 6.92. The molecule has 1 atom stereocenters. The predicted octanol–water partition coefficient (Wildman–Crippen LogP) is 1.26. The summed E-state index contributed by atoms with van der Waals surface area (Å²) >= 11 is 0. The zero-order valence-electron chi connectivity index (χ0n) is 6.92. The molecule has 3 nitrogen and oxygen atoms in total. The Labute approximate surface area is 67.0 Å². The maximum absolute atomic E-state index is 10.5. The second-order valence-corrected chi connectivity index (χ2v) is 2.69. The average Bonchev–Trinajstić information content (AvgIpc) is 1.97. The van der Waals surface area contributed by atoms with E-state index in [2.05, 4.69) is 0 Å². The third kappa shape index (κ3) is 4.79. The first-order chi connectivity index (χ1) is 5.22. The first-order valence-corrected chi connectivity index (χ1v) is 4.06. The molecular formula is C8H16O3. The van der Waals surface area contributed by atoms with Gasteiger partial charge in [-0.3, -0.25) is 4.79 Å². The van der Waals surface area contributed by atoms with Crippen LogP contribution in [0.25, 0.3) is 0 Å². The fraction of sp³-hybridized carbons (Fsp3) is 0.875. The van der Waals surface area contributed by atoms with Gasteiger partial charge in [-0.15, -0.1) is 0 Å². The van der Waals surface area contributed by atoms with Crippen molar-refractivity contribution in [3.8, 4) is 0 Å². The zero-order chi connectivity index (χ0) is 8.69. The second kappa shape index (κ2) is 6.16. The average molecular weight is 160 g/mol. The van der Waals surface area contributed by atoms with E-state index >= 15 is 0 Å². The minimum absolute atomic E-state index is 0.0908. The molecule has 0 saturated heterocycles. The monoisotopic (exact) mass is 160 g/mol. The number of aliphatic hydroxyl groups is 1. The molecule has 0 aliphatic carbocycles. The maximum atomic E-state index is 10.5. The van der Waals surface area contributed by atoms with E-state index in [1.54, 1.807) is 0 Å². The molecule has 66 valence electrons. The molecule has 0 aliphatic heterocycles. The first kappa shape index (κ1) is 10.4. The van der Waals surface area contributed by atoms with E-state index in [9.17, 15) is 4.79 Å². The molecule has 0 unspecified atom stereocenters. The summed E-state index contributed by atoms with van der Waals surface area (Å²) in [6.07, 6.45) is 2.80. The van der Waals surface area contributed by atoms with Crippen LogP contribution in [-0.2, 0) is 4.79 Å². The number of carbonyl (C=O) groups is 1. The Morgan fingerprint density at radius 3 is 2.45 bits per heavy atom. The fourth-order valence-electron chi connectivity index (χ4n) is 1.08. The van der Waals surface area contributed by atoms with Gasteiger partial charge in [0, 0.05) is 6.61 Å². The van der Waals surface area contributed by atoms with Crippen LogP contribution in [-0.4, -0.2) is 22.8 Å². The molecule has 0 radical (unpaired) electrons. The number of aliphatic carboxylic acids is 1. The smallest absolute Gasteiger partial charge is 0.306 e. The van der Waals surface area contributed by atoms with Crippen molar-refractivity contribution < 1.29 is 15.0 Å². The highest BCUT2D eigenvalue weighted by Crippen LogP contribution is 2.12. The van der Waals surface area contributed by atoms with E-state index in [1.807, 2.05) is 6.92 Å². The standard InChI is InChI=1S/C8H16O3/c1-2-4-7(8(10)11)5-3-6-9/h7,9H,2-6H2,1H3,(H,10,11)/t7-/m0/s1. The van der Waals surface area contributed by atoms with Crippen LogP contribution in [0.3, 0.4) is 0 Å². The molecule has 0 bridgehead atoms. The summed E-state index contributed by atoms with van der Waals surface area (Å²) in [6.45, 7) is 2.06. The molecule has 0 fully saturated rings. The van der Waals surface area contributed by atoms with Crippen LogP contribution in [0, 0.1) is 5.92 Å². The minimum Gasteiger partial charge on any atom is -0.481 e. The molecule has 0 saturated carbocycles. The van der Waals surface area contributed by atoms with E-state index in [1.165, 1.54) is 0 Å². The molecule has 11 heavy (non-hydrogen) atoms. The van der Waals surface area contributed by atoms with Crippen molar-refractivity contribution in [1.29, 1.82) is 0 Å². The van der Waals surface area contributed by atoms with Gasteiger partial charge in [-0.25, -0.2) is 0 Å². The van der Waals surface area contributed by atoms with Crippen molar-refractivity contribution in [1.82, 2.24) is 0 Å². The maximum Gasteiger partial charge on any atom is 0.306 e. The lowest BCUT2D eigenvalue weighted by Crippen LogP contribution is -2.13. The van der Waals surface area contributed by atoms with Crippen molar-refractivity contribution in [2.75, 3.05) is 6.61 Å². The lowest BCUT2D eigenvalue weighted by Gasteiger charge is -2.08. The topological polar surface area (TPSA) is 57.5 Å². The summed E-state index contributed by atoms with van der Waals surface area (Å²) in [6, 6.07) is 0.